The van der Waals surface area contributed by atoms with Gasteiger partial charge in [-0.05, 0) is 19.5 Å². The van der Waals surface area contributed by atoms with Crippen molar-refractivity contribution in [3.63, 3.8) is 0 Å². The average molecular weight is 293 g/mol. The minimum Gasteiger partial charge on any atom is -0.377 e. The second-order valence-corrected chi connectivity index (χ2v) is 7.46. The molecule has 0 aromatic rings. The lowest BCUT2D eigenvalue weighted by Crippen LogP contribution is -2.43. The zero-order valence-corrected chi connectivity index (χ0v) is 13.9. The number of nitrogens with one attached hydrogen (secondary N) is 1. The minimum absolute atomic E-state index is 0.690. The van der Waals surface area contributed by atoms with Crippen molar-refractivity contribution in [1.82, 2.24) is 10.2 Å². The topological polar surface area (TPSA) is 69.0 Å². The third-order valence-electron chi connectivity index (χ3n) is 3.26. The molecule has 3 N–H and O–H groups in total. The van der Waals surface area contributed by atoms with Crippen molar-refractivity contribution >= 4 is 8.80 Å². The molecular formula is C12H31N3O3Si. The predicted octanol–water partition coefficient (Wildman–Crippen LogP) is 0.125. The number of likely N-dealkylation sites (N-methyl/N-ethyl adjacent to an activating group) is 1. The lowest BCUT2D eigenvalue weighted by Gasteiger charge is -2.26. The Morgan fingerprint density at radius 2 is 1.68 bits per heavy atom. The molecule has 0 aliphatic heterocycles. The van der Waals surface area contributed by atoms with E-state index in [0.29, 0.717) is 6.54 Å². The molecule has 0 aromatic carbocycles. The Bertz CT molecular complexity index is 198. The van der Waals surface area contributed by atoms with Crippen LogP contribution in [0.5, 0.6) is 0 Å². The van der Waals surface area contributed by atoms with Crippen LogP contribution in [0.1, 0.15) is 13.3 Å². The summed E-state index contributed by atoms with van der Waals surface area (Å²) in [4.78, 5) is 2.41. The normalized spacial score (nSPS) is 12.3. The maximum absolute atomic E-state index is 5.44. The van der Waals surface area contributed by atoms with E-state index in [1.807, 2.05) is 0 Å². The Morgan fingerprint density at radius 1 is 1.05 bits per heavy atom. The van der Waals surface area contributed by atoms with Crippen molar-refractivity contribution in [2.24, 2.45) is 5.73 Å². The van der Waals surface area contributed by atoms with Gasteiger partial charge in [0, 0.05) is 53.6 Å². The van der Waals surface area contributed by atoms with Crippen LogP contribution in [0.3, 0.4) is 0 Å². The standard InChI is InChI=1S/C12H31N3O3Si/c1-5-15(11-9-14-8-7-13)10-6-12-19(16-2,17-3)18-4/h14H,5-13H2,1-4H3. The number of hydrogen-bond acceptors (Lipinski definition) is 6. The van der Waals surface area contributed by atoms with Crippen molar-refractivity contribution in [3.05, 3.63) is 0 Å². The van der Waals surface area contributed by atoms with E-state index in [1.54, 1.807) is 21.3 Å². The molecule has 116 valence electrons. The van der Waals surface area contributed by atoms with Gasteiger partial charge in [-0.2, -0.15) is 0 Å². The molecule has 0 saturated heterocycles. The first-order valence-electron chi connectivity index (χ1n) is 6.96. The molecule has 0 fully saturated rings. The van der Waals surface area contributed by atoms with Crippen molar-refractivity contribution in [3.8, 4) is 0 Å². The Balaban J connectivity index is 3.87. The van der Waals surface area contributed by atoms with Crippen LogP contribution >= 0.6 is 0 Å². The van der Waals surface area contributed by atoms with Crippen molar-refractivity contribution in [1.29, 1.82) is 0 Å². The van der Waals surface area contributed by atoms with E-state index in [4.69, 9.17) is 19.0 Å². The highest BCUT2D eigenvalue weighted by atomic mass is 28.4. The first-order chi connectivity index (χ1) is 9.17. The summed E-state index contributed by atoms with van der Waals surface area (Å²) in [6.07, 6.45) is 1.02. The van der Waals surface area contributed by atoms with Crippen LogP contribution in [0, 0.1) is 0 Å². The summed E-state index contributed by atoms with van der Waals surface area (Å²) in [5.74, 6) is 0. The molecule has 0 aliphatic carbocycles. The molecule has 6 nitrogen and oxygen atoms in total. The maximum atomic E-state index is 5.44. The highest BCUT2D eigenvalue weighted by molar-refractivity contribution is 6.60. The summed E-state index contributed by atoms with van der Waals surface area (Å²) in [6, 6.07) is 0.850. The maximum Gasteiger partial charge on any atom is 0.500 e. The SMILES string of the molecule is CCN(CCC[Si](OC)(OC)OC)CCNCCN. The fraction of sp³-hybridized carbons (Fsp3) is 1.00. The van der Waals surface area contributed by atoms with Gasteiger partial charge < -0.3 is 29.2 Å². The van der Waals surface area contributed by atoms with Gasteiger partial charge in [0.05, 0.1) is 0 Å². The van der Waals surface area contributed by atoms with Gasteiger partial charge in [-0.1, -0.05) is 6.92 Å². The van der Waals surface area contributed by atoms with Crippen molar-refractivity contribution < 1.29 is 13.3 Å². The third-order valence-corrected chi connectivity index (χ3v) is 6.10. The molecule has 0 atom stereocenters. The smallest absolute Gasteiger partial charge is 0.377 e. The van der Waals surface area contributed by atoms with Crippen LogP contribution in [0.2, 0.25) is 6.04 Å². The van der Waals surface area contributed by atoms with Crippen molar-refractivity contribution in [2.45, 2.75) is 19.4 Å². The largest absolute Gasteiger partial charge is 0.500 e. The number of hydrogen-bond donors (Lipinski definition) is 2. The Hall–Kier alpha value is -0.0231. The number of nitrogens with two attached hydrogens (primary N) is 1. The highest BCUT2D eigenvalue weighted by Crippen LogP contribution is 2.15. The number of rotatable bonds is 13. The summed E-state index contributed by atoms with van der Waals surface area (Å²) in [5.41, 5.74) is 5.44. The molecule has 0 bridgehead atoms. The number of nitrogens with zero attached hydrogens (tertiary/aromatic N) is 1. The van der Waals surface area contributed by atoms with Crippen LogP contribution in [0.15, 0.2) is 0 Å². The van der Waals surface area contributed by atoms with Gasteiger partial charge >= 0.3 is 8.80 Å². The fourth-order valence-corrected chi connectivity index (χ4v) is 3.67. The van der Waals surface area contributed by atoms with Gasteiger partial charge in [-0.25, -0.2) is 0 Å². The quantitative estimate of drug-likeness (QED) is 0.371. The Labute approximate surface area is 118 Å². The molecule has 0 radical (unpaired) electrons. The van der Waals surface area contributed by atoms with E-state index >= 15 is 0 Å². The van der Waals surface area contributed by atoms with Crippen LogP contribution in [-0.2, 0) is 13.3 Å². The molecule has 0 rings (SSSR count). The monoisotopic (exact) mass is 293 g/mol. The molecule has 0 aromatic heterocycles. The zero-order valence-electron chi connectivity index (χ0n) is 12.9. The first-order valence-corrected chi connectivity index (χ1v) is 8.89. The van der Waals surface area contributed by atoms with E-state index in [-0.39, 0.29) is 0 Å². The van der Waals surface area contributed by atoms with Crippen LogP contribution in [0.25, 0.3) is 0 Å². The fourth-order valence-electron chi connectivity index (χ4n) is 1.97. The molecule has 0 unspecified atom stereocenters. The van der Waals surface area contributed by atoms with Gasteiger partial charge in [0.1, 0.15) is 0 Å². The highest BCUT2D eigenvalue weighted by Gasteiger charge is 2.36. The van der Waals surface area contributed by atoms with E-state index in [0.717, 1.165) is 45.2 Å². The van der Waals surface area contributed by atoms with Crippen LogP contribution in [0.4, 0.5) is 0 Å². The summed E-state index contributed by atoms with van der Waals surface area (Å²) in [5, 5.41) is 3.31. The Kier molecular flexibility index (Phi) is 11.8. The first kappa shape index (κ1) is 19.0. The molecule has 0 heterocycles. The third kappa shape index (κ3) is 7.98. The molecule has 0 aliphatic rings. The zero-order chi connectivity index (χ0) is 14.6. The lowest BCUT2D eigenvalue weighted by atomic mass is 10.4. The lowest BCUT2D eigenvalue weighted by molar-refractivity contribution is 0.121. The molecule has 19 heavy (non-hydrogen) atoms. The predicted molar refractivity (Wildman–Crippen MR) is 80.2 cm³/mol. The van der Waals surface area contributed by atoms with Gasteiger partial charge in [-0.3, -0.25) is 0 Å². The summed E-state index contributed by atoms with van der Waals surface area (Å²) >= 11 is 0. The van der Waals surface area contributed by atoms with Crippen LogP contribution < -0.4 is 11.1 Å². The molecular weight excluding hydrogens is 262 g/mol. The minimum atomic E-state index is -2.40. The van der Waals surface area contributed by atoms with Gasteiger partial charge in [0.25, 0.3) is 0 Å². The van der Waals surface area contributed by atoms with Gasteiger partial charge in [-0.15, -0.1) is 0 Å². The van der Waals surface area contributed by atoms with Gasteiger partial charge in [0.2, 0.25) is 0 Å². The summed E-state index contributed by atoms with van der Waals surface area (Å²) < 4.78 is 16.2. The summed E-state index contributed by atoms with van der Waals surface area (Å²) in [7, 11) is 2.58. The Morgan fingerprint density at radius 3 is 2.16 bits per heavy atom. The molecule has 0 amide bonds. The van der Waals surface area contributed by atoms with Gasteiger partial charge in [0.15, 0.2) is 0 Å². The summed E-state index contributed by atoms with van der Waals surface area (Å²) in [6.45, 7) is 7.85. The molecule has 0 spiro atoms. The second kappa shape index (κ2) is 11.8. The van der Waals surface area contributed by atoms with Crippen LogP contribution in [-0.4, -0.2) is 74.3 Å². The molecule has 7 heteroatoms. The van der Waals surface area contributed by atoms with E-state index in [2.05, 4.69) is 17.1 Å². The van der Waals surface area contributed by atoms with E-state index < -0.39 is 8.80 Å². The van der Waals surface area contributed by atoms with E-state index in [9.17, 15) is 0 Å². The second-order valence-electron chi connectivity index (χ2n) is 4.37. The molecule has 0 saturated carbocycles. The van der Waals surface area contributed by atoms with Crippen molar-refractivity contribution in [2.75, 3.05) is 60.6 Å². The van der Waals surface area contributed by atoms with E-state index in [1.165, 1.54) is 0 Å². The average Bonchev–Trinajstić information content (AvgIpc) is 2.46.